The molecule has 0 aliphatic rings. The molecule has 106 valence electrons. The van der Waals surface area contributed by atoms with Crippen LogP contribution in [0.3, 0.4) is 0 Å². The first-order valence-electron chi connectivity index (χ1n) is 6.35. The highest BCUT2D eigenvalue weighted by Crippen LogP contribution is 2.28. The maximum atomic E-state index is 11.2. The minimum absolute atomic E-state index is 0.0724. The number of rotatable bonds is 7. The van der Waals surface area contributed by atoms with Crippen LogP contribution in [0.4, 0.5) is 5.69 Å². The van der Waals surface area contributed by atoms with E-state index >= 15 is 0 Å². The van der Waals surface area contributed by atoms with Crippen molar-refractivity contribution in [3.63, 3.8) is 0 Å². The van der Waals surface area contributed by atoms with Gasteiger partial charge in [-0.3, -0.25) is 0 Å². The van der Waals surface area contributed by atoms with Crippen LogP contribution in [0.5, 0.6) is 0 Å². The lowest BCUT2D eigenvalue weighted by atomic mass is 9.83. The number of hydrogen-bond acceptors (Lipinski definition) is 3. The molecule has 0 aliphatic carbocycles. The van der Waals surface area contributed by atoms with Crippen molar-refractivity contribution in [2.45, 2.75) is 26.7 Å². The summed E-state index contributed by atoms with van der Waals surface area (Å²) < 4.78 is 0. The molecule has 0 saturated carbocycles. The van der Waals surface area contributed by atoms with Crippen molar-refractivity contribution in [2.24, 2.45) is 5.41 Å². The highest BCUT2D eigenvalue weighted by atomic mass is 35.5. The topological polar surface area (TPSA) is 69.6 Å². The standard InChI is InChI=1S/C14H20ClNO3/c1-3-14(4-2,9-17)8-16-12-6-5-10(15)7-11(12)13(18)19/h5-7,16-17H,3-4,8-9H2,1-2H3,(H,18,19). The van der Waals surface area contributed by atoms with Crippen LogP contribution < -0.4 is 5.32 Å². The summed E-state index contributed by atoms with van der Waals surface area (Å²) in [6.07, 6.45) is 1.64. The maximum absolute atomic E-state index is 11.2. The summed E-state index contributed by atoms with van der Waals surface area (Å²) in [5.74, 6) is -1.02. The predicted molar refractivity (Wildman–Crippen MR) is 77.0 cm³/mol. The molecule has 0 aliphatic heterocycles. The van der Waals surface area contributed by atoms with E-state index in [4.69, 9.17) is 16.7 Å². The molecule has 0 bridgehead atoms. The van der Waals surface area contributed by atoms with Gasteiger partial charge >= 0.3 is 5.97 Å². The Bertz CT molecular complexity index is 436. The van der Waals surface area contributed by atoms with Crippen LogP contribution in [0.25, 0.3) is 0 Å². The van der Waals surface area contributed by atoms with Gasteiger partial charge in [0, 0.05) is 22.7 Å². The van der Waals surface area contributed by atoms with Gasteiger partial charge in [-0.05, 0) is 31.0 Å². The fraction of sp³-hybridized carbons (Fsp3) is 0.500. The molecule has 5 heteroatoms. The average Bonchev–Trinajstić information content (AvgIpc) is 2.42. The molecule has 0 aromatic heterocycles. The Morgan fingerprint density at radius 1 is 1.37 bits per heavy atom. The second kappa shape index (κ2) is 6.78. The monoisotopic (exact) mass is 285 g/mol. The maximum Gasteiger partial charge on any atom is 0.337 e. The Hall–Kier alpha value is -1.26. The van der Waals surface area contributed by atoms with Gasteiger partial charge in [-0.2, -0.15) is 0 Å². The smallest absolute Gasteiger partial charge is 0.337 e. The number of aromatic carboxylic acids is 1. The minimum Gasteiger partial charge on any atom is -0.478 e. The summed E-state index contributed by atoms with van der Waals surface area (Å²) in [7, 11) is 0. The summed E-state index contributed by atoms with van der Waals surface area (Å²) in [4.78, 5) is 11.2. The van der Waals surface area contributed by atoms with Crippen LogP contribution >= 0.6 is 11.6 Å². The van der Waals surface area contributed by atoms with Gasteiger partial charge in [0.1, 0.15) is 0 Å². The quantitative estimate of drug-likeness (QED) is 0.719. The molecule has 0 heterocycles. The van der Waals surface area contributed by atoms with E-state index in [0.717, 1.165) is 12.8 Å². The first-order valence-corrected chi connectivity index (χ1v) is 6.73. The van der Waals surface area contributed by atoms with E-state index in [9.17, 15) is 9.90 Å². The van der Waals surface area contributed by atoms with E-state index in [1.54, 1.807) is 12.1 Å². The summed E-state index contributed by atoms with van der Waals surface area (Å²) in [6.45, 7) is 4.63. The summed E-state index contributed by atoms with van der Waals surface area (Å²) in [6, 6.07) is 4.72. The molecule has 0 amide bonds. The third kappa shape index (κ3) is 3.85. The molecule has 1 aromatic carbocycles. The molecular weight excluding hydrogens is 266 g/mol. The number of carboxylic acid groups (broad SMARTS) is 1. The minimum atomic E-state index is -1.02. The second-order valence-corrected chi connectivity index (χ2v) is 5.15. The lowest BCUT2D eigenvalue weighted by Crippen LogP contribution is -2.32. The van der Waals surface area contributed by atoms with Gasteiger partial charge in [0.25, 0.3) is 0 Å². The molecule has 0 fully saturated rings. The summed E-state index contributed by atoms with van der Waals surface area (Å²) in [5.41, 5.74) is 0.443. The fourth-order valence-corrected chi connectivity index (χ4v) is 2.08. The van der Waals surface area contributed by atoms with Gasteiger partial charge in [0.2, 0.25) is 0 Å². The molecule has 0 saturated heterocycles. The fourth-order valence-electron chi connectivity index (χ4n) is 1.91. The third-order valence-electron chi connectivity index (χ3n) is 3.70. The number of benzene rings is 1. The summed E-state index contributed by atoms with van der Waals surface area (Å²) >= 11 is 5.80. The van der Waals surface area contributed by atoms with Gasteiger partial charge in [-0.1, -0.05) is 25.4 Å². The number of anilines is 1. The largest absolute Gasteiger partial charge is 0.478 e. The van der Waals surface area contributed by atoms with Gasteiger partial charge in [-0.15, -0.1) is 0 Å². The van der Waals surface area contributed by atoms with Gasteiger partial charge in [-0.25, -0.2) is 4.79 Å². The molecule has 1 aromatic rings. The zero-order valence-electron chi connectivity index (χ0n) is 11.2. The number of aliphatic hydroxyl groups is 1. The number of nitrogens with one attached hydrogen (secondary N) is 1. The molecule has 1 rings (SSSR count). The van der Waals surface area contributed by atoms with E-state index in [1.807, 2.05) is 13.8 Å². The number of carbonyl (C=O) groups is 1. The van der Waals surface area contributed by atoms with Crippen LogP contribution in [0.2, 0.25) is 5.02 Å². The lowest BCUT2D eigenvalue weighted by molar-refractivity contribution is 0.0697. The molecule has 0 unspecified atom stereocenters. The van der Waals surface area contributed by atoms with Crippen LogP contribution in [0.15, 0.2) is 18.2 Å². The van der Waals surface area contributed by atoms with E-state index in [1.165, 1.54) is 6.07 Å². The van der Waals surface area contributed by atoms with Crippen LogP contribution in [-0.2, 0) is 0 Å². The van der Waals surface area contributed by atoms with Crippen molar-refractivity contribution in [1.82, 2.24) is 0 Å². The van der Waals surface area contributed by atoms with Gasteiger partial charge < -0.3 is 15.5 Å². The van der Waals surface area contributed by atoms with E-state index in [2.05, 4.69) is 5.32 Å². The molecule has 4 nitrogen and oxygen atoms in total. The van der Waals surface area contributed by atoms with Crippen molar-refractivity contribution < 1.29 is 15.0 Å². The van der Waals surface area contributed by atoms with E-state index < -0.39 is 5.97 Å². The SMILES string of the molecule is CCC(CC)(CO)CNc1ccc(Cl)cc1C(=O)O. The first-order chi connectivity index (χ1) is 8.98. The van der Waals surface area contributed by atoms with Crippen LogP contribution in [0.1, 0.15) is 37.0 Å². The molecule has 19 heavy (non-hydrogen) atoms. The van der Waals surface area contributed by atoms with Crippen LogP contribution in [-0.4, -0.2) is 29.3 Å². The van der Waals surface area contributed by atoms with Gasteiger partial charge in [0.05, 0.1) is 12.2 Å². The molecule has 0 spiro atoms. The van der Waals surface area contributed by atoms with E-state index in [-0.39, 0.29) is 17.6 Å². The highest BCUT2D eigenvalue weighted by Gasteiger charge is 2.25. The number of hydrogen-bond donors (Lipinski definition) is 3. The van der Waals surface area contributed by atoms with Crippen molar-refractivity contribution >= 4 is 23.3 Å². The zero-order chi connectivity index (χ0) is 14.5. The summed E-state index contributed by atoms with van der Waals surface area (Å²) in [5, 5.41) is 22.1. The van der Waals surface area contributed by atoms with E-state index in [0.29, 0.717) is 17.3 Å². The Morgan fingerprint density at radius 3 is 2.47 bits per heavy atom. The first kappa shape index (κ1) is 15.8. The second-order valence-electron chi connectivity index (χ2n) is 4.71. The van der Waals surface area contributed by atoms with Crippen molar-refractivity contribution in [3.8, 4) is 0 Å². The Kier molecular flexibility index (Phi) is 5.63. The molecule has 0 radical (unpaired) electrons. The zero-order valence-corrected chi connectivity index (χ0v) is 12.0. The van der Waals surface area contributed by atoms with Gasteiger partial charge in [0.15, 0.2) is 0 Å². The third-order valence-corrected chi connectivity index (χ3v) is 3.94. The Labute approximate surface area is 118 Å². The van der Waals surface area contributed by atoms with Crippen LogP contribution in [0, 0.1) is 5.41 Å². The number of carboxylic acids is 1. The van der Waals surface area contributed by atoms with Crippen molar-refractivity contribution in [2.75, 3.05) is 18.5 Å². The highest BCUT2D eigenvalue weighted by molar-refractivity contribution is 6.31. The van der Waals surface area contributed by atoms with Crippen molar-refractivity contribution in [3.05, 3.63) is 28.8 Å². The lowest BCUT2D eigenvalue weighted by Gasteiger charge is -2.30. The normalized spacial score (nSPS) is 11.4. The molecule has 0 atom stereocenters. The predicted octanol–water partition coefficient (Wildman–Crippen LogP) is 3.25. The Balaban J connectivity index is 2.91. The number of halogens is 1. The Morgan fingerprint density at radius 2 is 2.00 bits per heavy atom. The number of aliphatic hydroxyl groups excluding tert-OH is 1. The molecular formula is C14H20ClNO3. The average molecular weight is 286 g/mol. The van der Waals surface area contributed by atoms with Crippen molar-refractivity contribution in [1.29, 1.82) is 0 Å². The molecule has 3 N–H and O–H groups in total.